The third-order valence-corrected chi connectivity index (χ3v) is 4.18. The van der Waals surface area contributed by atoms with Crippen molar-refractivity contribution in [3.63, 3.8) is 0 Å². The number of furan rings is 1. The number of carbonyl (C=O) groups excluding carboxylic acids is 2. The summed E-state index contributed by atoms with van der Waals surface area (Å²) < 4.78 is 5.44. The number of carbonyl (C=O) groups is 2. The molecule has 0 unspecified atom stereocenters. The molecule has 0 saturated carbocycles. The van der Waals surface area contributed by atoms with Gasteiger partial charge in [0.15, 0.2) is 5.76 Å². The summed E-state index contributed by atoms with van der Waals surface area (Å²) in [6.07, 6.45) is 1.57. The van der Waals surface area contributed by atoms with Gasteiger partial charge in [-0.05, 0) is 42.5 Å². The molecule has 0 fully saturated rings. The van der Waals surface area contributed by atoms with Crippen LogP contribution in [-0.4, -0.2) is 16.8 Å². The smallest absolute Gasteiger partial charge is 0.256 e. The zero-order valence-corrected chi connectivity index (χ0v) is 15.1. The average Bonchev–Trinajstić information content (AvgIpc) is 3.21. The molecule has 28 heavy (non-hydrogen) atoms. The van der Waals surface area contributed by atoms with Crippen molar-refractivity contribution in [3.05, 3.63) is 78.6 Å². The van der Waals surface area contributed by atoms with Gasteiger partial charge >= 0.3 is 0 Å². The van der Waals surface area contributed by atoms with E-state index in [1.54, 1.807) is 48.7 Å². The minimum Gasteiger partial charge on any atom is -0.463 e. The van der Waals surface area contributed by atoms with Gasteiger partial charge in [-0.2, -0.15) is 0 Å². The Kier molecular flexibility index (Phi) is 4.60. The predicted octanol–water partition coefficient (Wildman–Crippen LogP) is 4.71. The number of nitrogens with one attached hydrogen (secondary N) is 2. The Balaban J connectivity index is 1.72. The van der Waals surface area contributed by atoms with Crippen LogP contribution in [0.25, 0.3) is 22.4 Å². The van der Waals surface area contributed by atoms with Gasteiger partial charge < -0.3 is 15.1 Å². The molecule has 0 saturated heterocycles. The van der Waals surface area contributed by atoms with Crippen molar-refractivity contribution in [3.8, 4) is 11.5 Å². The monoisotopic (exact) mass is 371 g/mol. The van der Waals surface area contributed by atoms with Crippen LogP contribution in [0.4, 0.5) is 11.4 Å². The molecule has 0 radical (unpaired) electrons. The molecule has 2 aromatic carbocycles. The largest absolute Gasteiger partial charge is 0.463 e. The number of benzene rings is 2. The molecule has 2 heterocycles. The lowest BCUT2D eigenvalue weighted by Gasteiger charge is -2.11. The average molecular weight is 371 g/mol. The van der Waals surface area contributed by atoms with E-state index in [4.69, 9.17) is 4.42 Å². The van der Waals surface area contributed by atoms with E-state index in [1.807, 2.05) is 24.3 Å². The van der Waals surface area contributed by atoms with Crippen molar-refractivity contribution in [2.24, 2.45) is 0 Å². The van der Waals surface area contributed by atoms with E-state index in [-0.39, 0.29) is 11.8 Å². The number of pyridine rings is 1. The SMILES string of the molecule is CC(=O)Nc1cccc(NC(=O)c2cc(-c3ccco3)nc3ccccc23)c1. The summed E-state index contributed by atoms with van der Waals surface area (Å²) in [5.74, 6) is 0.144. The fourth-order valence-electron chi connectivity index (χ4n) is 2.99. The van der Waals surface area contributed by atoms with Gasteiger partial charge in [-0.25, -0.2) is 4.98 Å². The summed E-state index contributed by atoms with van der Waals surface area (Å²) in [7, 11) is 0. The molecule has 4 rings (SSSR count). The Hall–Kier alpha value is -3.93. The van der Waals surface area contributed by atoms with Crippen molar-refractivity contribution in [1.82, 2.24) is 4.98 Å². The van der Waals surface area contributed by atoms with Crippen molar-refractivity contribution >= 4 is 34.1 Å². The predicted molar refractivity (Wildman–Crippen MR) is 108 cm³/mol. The number of amides is 2. The standard InChI is InChI=1S/C22H17N3O3/c1-14(26)23-15-6-4-7-16(12-15)24-22(27)18-13-20(21-10-5-11-28-21)25-19-9-3-2-8-17(18)19/h2-13H,1H3,(H,23,26)(H,24,27). The molecule has 6 nitrogen and oxygen atoms in total. The molecule has 0 atom stereocenters. The highest BCUT2D eigenvalue weighted by Crippen LogP contribution is 2.26. The number of anilines is 2. The number of rotatable bonds is 4. The summed E-state index contributed by atoms with van der Waals surface area (Å²) in [6.45, 7) is 1.44. The molecular formula is C22H17N3O3. The van der Waals surface area contributed by atoms with Crippen LogP contribution >= 0.6 is 0 Å². The van der Waals surface area contributed by atoms with E-state index in [9.17, 15) is 9.59 Å². The molecule has 0 bridgehead atoms. The van der Waals surface area contributed by atoms with Crippen LogP contribution in [0.15, 0.2) is 77.4 Å². The number of para-hydroxylation sites is 1. The van der Waals surface area contributed by atoms with Gasteiger partial charge in [0.1, 0.15) is 5.69 Å². The lowest BCUT2D eigenvalue weighted by Crippen LogP contribution is -2.13. The first-order chi connectivity index (χ1) is 13.6. The molecule has 0 spiro atoms. The first-order valence-corrected chi connectivity index (χ1v) is 8.73. The van der Waals surface area contributed by atoms with Crippen molar-refractivity contribution < 1.29 is 14.0 Å². The molecule has 0 aliphatic rings. The van der Waals surface area contributed by atoms with Crippen LogP contribution in [-0.2, 0) is 4.79 Å². The number of fused-ring (bicyclic) bond motifs is 1. The van der Waals surface area contributed by atoms with Crippen LogP contribution in [0, 0.1) is 0 Å². The highest BCUT2D eigenvalue weighted by molar-refractivity contribution is 6.13. The minimum absolute atomic E-state index is 0.174. The second-order valence-electron chi connectivity index (χ2n) is 6.27. The van der Waals surface area contributed by atoms with Crippen molar-refractivity contribution in [2.75, 3.05) is 10.6 Å². The maximum absolute atomic E-state index is 13.0. The van der Waals surface area contributed by atoms with Crippen molar-refractivity contribution in [2.45, 2.75) is 6.92 Å². The van der Waals surface area contributed by atoms with Gasteiger partial charge in [-0.1, -0.05) is 24.3 Å². The molecule has 0 aliphatic heterocycles. The fourth-order valence-corrected chi connectivity index (χ4v) is 2.99. The van der Waals surface area contributed by atoms with Crippen LogP contribution < -0.4 is 10.6 Å². The second-order valence-corrected chi connectivity index (χ2v) is 6.27. The molecule has 0 aliphatic carbocycles. The van der Waals surface area contributed by atoms with Gasteiger partial charge in [-0.3, -0.25) is 9.59 Å². The molecule has 6 heteroatoms. The first-order valence-electron chi connectivity index (χ1n) is 8.73. The van der Waals surface area contributed by atoms with E-state index in [1.165, 1.54) is 6.92 Å². The molecule has 2 aromatic heterocycles. The Morgan fingerprint density at radius 2 is 1.68 bits per heavy atom. The minimum atomic E-state index is -0.272. The third-order valence-electron chi connectivity index (χ3n) is 4.18. The van der Waals surface area contributed by atoms with Gasteiger partial charge in [0.05, 0.1) is 17.3 Å². The summed E-state index contributed by atoms with van der Waals surface area (Å²) in [6, 6.07) is 19.7. The zero-order valence-electron chi connectivity index (χ0n) is 15.1. The number of hydrogen-bond acceptors (Lipinski definition) is 4. The van der Waals surface area contributed by atoms with E-state index in [0.717, 1.165) is 5.39 Å². The van der Waals surface area contributed by atoms with Crippen LogP contribution in [0.3, 0.4) is 0 Å². The molecular weight excluding hydrogens is 354 g/mol. The number of aromatic nitrogens is 1. The molecule has 138 valence electrons. The van der Waals surface area contributed by atoms with E-state index < -0.39 is 0 Å². The Labute approximate surface area is 161 Å². The van der Waals surface area contributed by atoms with E-state index in [2.05, 4.69) is 15.6 Å². The van der Waals surface area contributed by atoms with Crippen LogP contribution in [0.1, 0.15) is 17.3 Å². The highest BCUT2D eigenvalue weighted by Gasteiger charge is 2.15. The topological polar surface area (TPSA) is 84.2 Å². The van der Waals surface area contributed by atoms with Gasteiger partial charge in [0.2, 0.25) is 5.91 Å². The molecule has 4 aromatic rings. The molecule has 2 amide bonds. The summed E-state index contributed by atoms with van der Waals surface area (Å²) in [5.41, 5.74) is 2.97. The van der Waals surface area contributed by atoms with Crippen LogP contribution in [0.5, 0.6) is 0 Å². The Morgan fingerprint density at radius 3 is 2.43 bits per heavy atom. The Bertz CT molecular complexity index is 1170. The summed E-state index contributed by atoms with van der Waals surface area (Å²) in [4.78, 5) is 28.9. The number of hydrogen-bond donors (Lipinski definition) is 2. The lowest BCUT2D eigenvalue weighted by molar-refractivity contribution is -0.114. The highest BCUT2D eigenvalue weighted by atomic mass is 16.3. The maximum atomic E-state index is 13.0. The zero-order chi connectivity index (χ0) is 19.5. The fraction of sp³-hybridized carbons (Fsp3) is 0.0455. The lowest BCUT2D eigenvalue weighted by atomic mass is 10.1. The second kappa shape index (κ2) is 7.36. The number of nitrogens with zero attached hydrogens (tertiary/aromatic N) is 1. The third kappa shape index (κ3) is 3.61. The summed E-state index contributed by atoms with van der Waals surface area (Å²) in [5, 5.41) is 6.33. The molecule has 2 N–H and O–H groups in total. The normalized spacial score (nSPS) is 10.6. The van der Waals surface area contributed by atoms with E-state index >= 15 is 0 Å². The first kappa shape index (κ1) is 17.5. The summed E-state index contributed by atoms with van der Waals surface area (Å²) >= 11 is 0. The quantitative estimate of drug-likeness (QED) is 0.544. The Morgan fingerprint density at radius 1 is 0.893 bits per heavy atom. The van der Waals surface area contributed by atoms with E-state index in [0.29, 0.717) is 33.9 Å². The van der Waals surface area contributed by atoms with Gasteiger partial charge in [0.25, 0.3) is 5.91 Å². The van der Waals surface area contributed by atoms with Gasteiger partial charge in [0, 0.05) is 23.7 Å². The van der Waals surface area contributed by atoms with Crippen molar-refractivity contribution in [1.29, 1.82) is 0 Å². The van der Waals surface area contributed by atoms with Crippen LogP contribution in [0.2, 0.25) is 0 Å². The maximum Gasteiger partial charge on any atom is 0.256 e. The van der Waals surface area contributed by atoms with Gasteiger partial charge in [-0.15, -0.1) is 0 Å².